The Labute approximate surface area is 201 Å². The van der Waals surface area contributed by atoms with E-state index in [4.69, 9.17) is 0 Å². The van der Waals surface area contributed by atoms with Gasteiger partial charge in [-0.25, -0.2) is 9.59 Å². The van der Waals surface area contributed by atoms with Gasteiger partial charge in [0, 0.05) is 11.1 Å². The zero-order valence-electron chi connectivity index (χ0n) is 20.5. The van der Waals surface area contributed by atoms with Crippen LogP contribution in [0.1, 0.15) is 20.7 Å². The number of rotatable bonds is 5. The highest BCUT2D eigenvalue weighted by molar-refractivity contribution is 6.90. The van der Waals surface area contributed by atoms with E-state index in [-0.39, 0.29) is 11.1 Å². The van der Waals surface area contributed by atoms with Crippen molar-refractivity contribution in [3.8, 4) is 11.1 Å². The number of hydrogen-bond acceptors (Lipinski definition) is 2. The van der Waals surface area contributed by atoms with Gasteiger partial charge in [-0.1, -0.05) is 99.9 Å². The van der Waals surface area contributed by atoms with E-state index in [0.29, 0.717) is 11.1 Å². The van der Waals surface area contributed by atoms with Gasteiger partial charge in [-0.15, -0.1) is 0 Å². The van der Waals surface area contributed by atoms with E-state index >= 15 is 0 Å². The Kier molecular flexibility index (Phi) is 5.78. The first-order chi connectivity index (χ1) is 15.8. The zero-order chi connectivity index (χ0) is 25.0. The molecule has 34 heavy (non-hydrogen) atoms. The fraction of sp³-hybridized carbons (Fsp3) is 0.214. The first-order valence-corrected chi connectivity index (χ1v) is 18.4. The lowest BCUT2D eigenvalue weighted by Crippen LogP contribution is -2.43. The maximum absolute atomic E-state index is 12.9. The molecule has 4 rings (SSSR count). The maximum Gasteiger partial charge on any atom is 0.336 e. The predicted octanol–water partition coefficient (Wildman–Crippen LogP) is 6.15. The molecule has 0 heterocycles. The fourth-order valence-electron chi connectivity index (χ4n) is 4.84. The molecule has 4 nitrogen and oxygen atoms in total. The lowest BCUT2D eigenvalue weighted by molar-refractivity contribution is 0.0686. The van der Waals surface area contributed by atoms with Crippen LogP contribution in [0.15, 0.2) is 60.7 Å². The van der Waals surface area contributed by atoms with Crippen LogP contribution in [0.4, 0.5) is 0 Å². The van der Waals surface area contributed by atoms with Crippen LogP contribution in [-0.4, -0.2) is 38.3 Å². The van der Waals surface area contributed by atoms with Gasteiger partial charge < -0.3 is 10.2 Å². The summed E-state index contributed by atoms with van der Waals surface area (Å²) in [7, 11) is -4.21. The normalized spacial score (nSPS) is 12.3. The van der Waals surface area contributed by atoms with Gasteiger partial charge in [-0.05, 0) is 31.9 Å². The Bertz CT molecular complexity index is 1360. The Morgan fingerprint density at radius 2 is 0.912 bits per heavy atom. The molecule has 4 aromatic rings. The molecule has 0 saturated carbocycles. The van der Waals surface area contributed by atoms with E-state index in [0.717, 1.165) is 31.9 Å². The van der Waals surface area contributed by atoms with Gasteiger partial charge in [-0.3, -0.25) is 0 Å². The Balaban J connectivity index is 2.40. The average Bonchev–Trinajstić information content (AvgIpc) is 2.75. The van der Waals surface area contributed by atoms with E-state index in [9.17, 15) is 19.8 Å². The minimum atomic E-state index is -2.10. The van der Waals surface area contributed by atoms with Crippen LogP contribution in [0.3, 0.4) is 0 Å². The molecule has 6 heteroatoms. The van der Waals surface area contributed by atoms with E-state index in [1.807, 2.05) is 60.7 Å². The first-order valence-electron chi connectivity index (χ1n) is 11.4. The van der Waals surface area contributed by atoms with Gasteiger partial charge in [0.15, 0.2) is 0 Å². The van der Waals surface area contributed by atoms with Gasteiger partial charge in [0.05, 0.1) is 27.3 Å². The lowest BCUT2D eigenvalue weighted by Gasteiger charge is -2.27. The molecule has 0 aromatic heterocycles. The second-order valence-electron chi connectivity index (χ2n) is 10.9. The van der Waals surface area contributed by atoms with Crippen LogP contribution in [0.25, 0.3) is 32.7 Å². The highest BCUT2D eigenvalue weighted by atomic mass is 28.3. The highest BCUT2D eigenvalue weighted by Gasteiger charge is 2.33. The predicted molar refractivity (Wildman–Crippen MR) is 147 cm³/mol. The van der Waals surface area contributed by atoms with Crippen molar-refractivity contribution >= 4 is 60.0 Å². The first kappa shape index (κ1) is 23.9. The molecule has 0 aliphatic rings. The number of benzene rings is 4. The molecule has 0 bridgehead atoms. The van der Waals surface area contributed by atoms with Crippen molar-refractivity contribution in [2.75, 3.05) is 0 Å². The number of aromatic carboxylic acids is 2. The van der Waals surface area contributed by atoms with E-state index in [1.165, 1.54) is 0 Å². The van der Waals surface area contributed by atoms with Crippen molar-refractivity contribution < 1.29 is 19.8 Å². The molecule has 0 atom stereocenters. The van der Waals surface area contributed by atoms with Crippen LogP contribution in [0.2, 0.25) is 39.3 Å². The summed E-state index contributed by atoms with van der Waals surface area (Å²) in [5.74, 6) is -2.03. The Hall–Kier alpha value is -3.23. The third kappa shape index (κ3) is 3.97. The molecule has 0 aliphatic carbocycles. The third-order valence-corrected chi connectivity index (χ3v) is 10.4. The largest absolute Gasteiger partial charge is 0.478 e. The summed E-state index contributed by atoms with van der Waals surface area (Å²) in [4.78, 5) is 25.8. The minimum Gasteiger partial charge on any atom is -0.478 e. The van der Waals surface area contributed by atoms with E-state index in [1.54, 1.807) is 0 Å². The molecule has 0 unspecified atom stereocenters. The van der Waals surface area contributed by atoms with Gasteiger partial charge in [0.25, 0.3) is 0 Å². The molecule has 4 aromatic carbocycles. The summed E-state index contributed by atoms with van der Waals surface area (Å²) in [6, 6.07) is 19.4. The summed E-state index contributed by atoms with van der Waals surface area (Å²) < 4.78 is 0. The number of carbonyl (C=O) groups is 2. The summed E-state index contributed by atoms with van der Waals surface area (Å²) in [5, 5.41) is 26.1. The summed E-state index contributed by atoms with van der Waals surface area (Å²) in [6.45, 7) is 12.8. The molecule has 0 radical (unpaired) electrons. The van der Waals surface area contributed by atoms with Crippen LogP contribution in [-0.2, 0) is 0 Å². The second-order valence-corrected chi connectivity index (χ2v) is 21.0. The van der Waals surface area contributed by atoms with Crippen molar-refractivity contribution in [3.63, 3.8) is 0 Å². The van der Waals surface area contributed by atoms with Crippen molar-refractivity contribution in [3.05, 3.63) is 71.8 Å². The monoisotopic (exact) mass is 486 g/mol. The number of carboxylic acids is 2. The quantitative estimate of drug-likeness (QED) is 0.332. The van der Waals surface area contributed by atoms with Gasteiger partial charge in [0.2, 0.25) is 0 Å². The van der Waals surface area contributed by atoms with Crippen LogP contribution >= 0.6 is 0 Å². The molecule has 2 N–H and O–H groups in total. The zero-order valence-corrected chi connectivity index (χ0v) is 22.5. The summed E-state index contributed by atoms with van der Waals surface area (Å²) in [6.07, 6.45) is 0. The molecule has 0 saturated heterocycles. The maximum atomic E-state index is 12.9. The number of carboxylic acid groups (broad SMARTS) is 2. The molecule has 0 fully saturated rings. The van der Waals surface area contributed by atoms with Crippen molar-refractivity contribution in [2.45, 2.75) is 39.3 Å². The molecule has 174 valence electrons. The SMILES string of the molecule is C[Si](C)(C)c1cc2ccccc2c(-c2c(C(=O)O)c([Si](C)(C)C)cc3ccccc23)c1C(=O)O. The molecule has 0 amide bonds. The molecule has 0 aliphatic heterocycles. The summed E-state index contributed by atoms with van der Waals surface area (Å²) >= 11 is 0. The number of fused-ring (bicyclic) bond motifs is 2. The van der Waals surface area contributed by atoms with Crippen molar-refractivity contribution in [2.24, 2.45) is 0 Å². The highest BCUT2D eigenvalue weighted by Crippen LogP contribution is 2.39. The van der Waals surface area contributed by atoms with Crippen LogP contribution in [0, 0.1) is 0 Å². The van der Waals surface area contributed by atoms with Crippen molar-refractivity contribution in [1.82, 2.24) is 0 Å². The van der Waals surface area contributed by atoms with Crippen LogP contribution < -0.4 is 10.4 Å². The van der Waals surface area contributed by atoms with Crippen molar-refractivity contribution in [1.29, 1.82) is 0 Å². The third-order valence-electron chi connectivity index (χ3n) is 6.39. The second kappa shape index (κ2) is 8.22. The van der Waals surface area contributed by atoms with Gasteiger partial charge >= 0.3 is 11.9 Å². The lowest BCUT2D eigenvalue weighted by atomic mass is 9.87. The smallest absolute Gasteiger partial charge is 0.336 e. The molecular formula is C28H30O4Si2. The van der Waals surface area contributed by atoms with Gasteiger partial charge in [-0.2, -0.15) is 0 Å². The fourth-order valence-corrected chi connectivity index (χ4v) is 7.98. The van der Waals surface area contributed by atoms with Crippen LogP contribution in [0.5, 0.6) is 0 Å². The topological polar surface area (TPSA) is 74.6 Å². The van der Waals surface area contributed by atoms with Gasteiger partial charge in [0.1, 0.15) is 0 Å². The standard InChI is InChI=1S/C28H30O4Si2/c1-33(2,3)21-15-17-11-7-9-13-19(17)23(25(21)27(29)30)24-20-14-10-8-12-18(20)16-22(34(4,5)6)26(24)28(31)32/h7-16H,1-6H3,(H,29,30)(H,31,32). The van der Waals surface area contributed by atoms with E-state index < -0.39 is 28.1 Å². The average molecular weight is 487 g/mol. The molecular weight excluding hydrogens is 456 g/mol. The number of hydrogen-bond donors (Lipinski definition) is 2. The Morgan fingerprint density at radius 1 is 0.588 bits per heavy atom. The summed E-state index contributed by atoms with van der Waals surface area (Å²) in [5.41, 5.74) is 1.52. The molecule has 0 spiro atoms. The Morgan fingerprint density at radius 3 is 1.21 bits per heavy atom. The minimum absolute atomic E-state index is 0.234. The van der Waals surface area contributed by atoms with E-state index in [2.05, 4.69) is 39.3 Å².